The van der Waals surface area contributed by atoms with Crippen LogP contribution in [0.25, 0.3) is 0 Å². The van der Waals surface area contributed by atoms with Gasteiger partial charge in [0.1, 0.15) is 0 Å². The topological polar surface area (TPSA) is 59.2 Å². The van der Waals surface area contributed by atoms with Crippen LogP contribution in [0.4, 0.5) is 5.69 Å². The third-order valence-corrected chi connectivity index (χ3v) is 5.28. The number of carbonyl (C=O) groups is 1. The molecule has 0 saturated heterocycles. The van der Waals surface area contributed by atoms with E-state index in [9.17, 15) is 4.79 Å². The maximum absolute atomic E-state index is 13.0. The number of amides is 1. The van der Waals surface area contributed by atoms with E-state index in [0.717, 1.165) is 35.2 Å². The minimum Gasteiger partial charge on any atom is -0.324 e. The van der Waals surface area contributed by atoms with Gasteiger partial charge in [-0.25, -0.2) is 0 Å². The number of benzene rings is 1. The van der Waals surface area contributed by atoms with Crippen LogP contribution < -0.4 is 10.6 Å². The molecule has 2 aliphatic rings. The van der Waals surface area contributed by atoms with E-state index in [2.05, 4.69) is 4.98 Å². The molecular formula is C18H18ClN3O. The number of nitrogens with zero attached hydrogens (tertiary/aromatic N) is 2. The van der Waals surface area contributed by atoms with E-state index >= 15 is 0 Å². The van der Waals surface area contributed by atoms with Gasteiger partial charge in [0, 0.05) is 22.8 Å². The molecule has 1 aliphatic carbocycles. The fourth-order valence-corrected chi connectivity index (χ4v) is 4.02. The highest BCUT2D eigenvalue weighted by Gasteiger charge is 2.45. The molecule has 1 aromatic carbocycles. The van der Waals surface area contributed by atoms with E-state index in [0.29, 0.717) is 10.6 Å². The van der Waals surface area contributed by atoms with E-state index < -0.39 is 5.54 Å². The second-order valence-corrected chi connectivity index (χ2v) is 7.20. The van der Waals surface area contributed by atoms with Crippen molar-refractivity contribution in [2.75, 3.05) is 4.90 Å². The first-order valence-electron chi connectivity index (χ1n) is 7.78. The second kappa shape index (κ2) is 4.79. The van der Waals surface area contributed by atoms with Gasteiger partial charge in [-0.3, -0.25) is 14.7 Å². The van der Waals surface area contributed by atoms with Crippen LogP contribution in [-0.4, -0.2) is 10.9 Å². The quantitative estimate of drug-likeness (QED) is 0.871. The molecule has 4 rings (SSSR count). The maximum atomic E-state index is 13.0. The Balaban J connectivity index is 1.91. The zero-order valence-corrected chi connectivity index (χ0v) is 13.9. The van der Waals surface area contributed by atoms with Gasteiger partial charge in [0.25, 0.3) is 5.91 Å². The predicted molar refractivity (Wildman–Crippen MR) is 90.8 cm³/mol. The lowest BCUT2D eigenvalue weighted by Gasteiger charge is -2.33. The summed E-state index contributed by atoms with van der Waals surface area (Å²) in [5, 5.41) is 0.643. The van der Waals surface area contributed by atoms with Gasteiger partial charge >= 0.3 is 0 Å². The predicted octanol–water partition coefficient (Wildman–Crippen LogP) is 3.58. The Morgan fingerprint density at radius 3 is 2.91 bits per heavy atom. The zero-order valence-electron chi connectivity index (χ0n) is 13.1. The third kappa shape index (κ3) is 1.95. The molecule has 23 heavy (non-hydrogen) atoms. The molecule has 1 aromatic heterocycles. The molecule has 1 unspecified atom stereocenters. The third-order valence-electron chi connectivity index (χ3n) is 5.05. The number of rotatable bonds is 1. The van der Waals surface area contributed by atoms with E-state index in [1.165, 1.54) is 0 Å². The molecule has 1 aliphatic heterocycles. The van der Waals surface area contributed by atoms with Crippen LogP contribution in [0, 0.1) is 0 Å². The lowest BCUT2D eigenvalue weighted by atomic mass is 9.93. The maximum Gasteiger partial charge on any atom is 0.259 e. The molecule has 0 radical (unpaired) electrons. The van der Waals surface area contributed by atoms with Gasteiger partial charge in [-0.2, -0.15) is 0 Å². The largest absolute Gasteiger partial charge is 0.324 e. The van der Waals surface area contributed by atoms with E-state index in [1.807, 2.05) is 37.1 Å². The van der Waals surface area contributed by atoms with Gasteiger partial charge < -0.3 is 5.73 Å². The number of hydrogen-bond donors (Lipinski definition) is 1. The Kier molecular flexibility index (Phi) is 3.06. The van der Waals surface area contributed by atoms with Gasteiger partial charge in [0.2, 0.25) is 0 Å². The smallest absolute Gasteiger partial charge is 0.259 e. The van der Waals surface area contributed by atoms with Gasteiger partial charge in [-0.1, -0.05) is 11.6 Å². The lowest BCUT2D eigenvalue weighted by Crippen LogP contribution is -2.40. The molecule has 0 saturated carbocycles. The van der Waals surface area contributed by atoms with Crippen LogP contribution in [0.3, 0.4) is 0 Å². The molecule has 1 atom stereocenters. The minimum absolute atomic E-state index is 0.00246. The number of pyridine rings is 1. The fraction of sp³-hybridized carbons (Fsp3) is 0.333. The molecule has 0 spiro atoms. The molecular weight excluding hydrogens is 310 g/mol. The van der Waals surface area contributed by atoms with Crippen LogP contribution in [-0.2, 0) is 12.0 Å². The van der Waals surface area contributed by atoms with Crippen molar-refractivity contribution in [2.24, 2.45) is 5.73 Å². The molecule has 1 amide bonds. The zero-order chi connectivity index (χ0) is 16.4. The molecule has 0 bridgehead atoms. The first kappa shape index (κ1) is 14.7. The van der Waals surface area contributed by atoms with Crippen molar-refractivity contribution >= 4 is 23.2 Å². The summed E-state index contributed by atoms with van der Waals surface area (Å²) < 4.78 is 0. The van der Waals surface area contributed by atoms with Crippen molar-refractivity contribution < 1.29 is 4.79 Å². The molecule has 2 heterocycles. The first-order chi connectivity index (χ1) is 10.9. The van der Waals surface area contributed by atoms with Crippen LogP contribution in [0.5, 0.6) is 0 Å². The minimum atomic E-state index is -0.471. The van der Waals surface area contributed by atoms with Crippen LogP contribution in [0.1, 0.15) is 53.4 Å². The van der Waals surface area contributed by atoms with Gasteiger partial charge in [-0.05, 0) is 61.6 Å². The molecule has 2 aromatic rings. The summed E-state index contributed by atoms with van der Waals surface area (Å²) in [4.78, 5) is 19.2. The van der Waals surface area contributed by atoms with Gasteiger partial charge in [-0.15, -0.1) is 0 Å². The van der Waals surface area contributed by atoms with Gasteiger partial charge in [0.15, 0.2) is 0 Å². The number of anilines is 1. The van der Waals surface area contributed by atoms with Crippen molar-refractivity contribution in [3.8, 4) is 0 Å². The molecule has 2 N–H and O–H groups in total. The molecule has 0 fully saturated rings. The first-order valence-corrected chi connectivity index (χ1v) is 8.16. The Bertz CT molecular complexity index is 831. The Morgan fingerprint density at radius 2 is 2.13 bits per heavy atom. The lowest BCUT2D eigenvalue weighted by molar-refractivity contribution is 0.0982. The standard InChI is InChI=1S/C18H18ClN3O/c1-18(2)14-7-10(19)3-4-12(14)17(23)22(18)16-9-21-8-13-11(16)5-6-15(13)20/h3-4,7-9,15H,5-6,20H2,1-2H3. The summed E-state index contributed by atoms with van der Waals surface area (Å²) in [6, 6.07) is 5.47. The summed E-state index contributed by atoms with van der Waals surface area (Å²) in [6.07, 6.45) is 5.39. The van der Waals surface area contributed by atoms with E-state index in [1.54, 1.807) is 12.3 Å². The normalized spacial score (nSPS) is 21.5. The van der Waals surface area contributed by atoms with Gasteiger partial charge in [0.05, 0.1) is 17.4 Å². The molecule has 4 nitrogen and oxygen atoms in total. The fourth-order valence-electron chi connectivity index (χ4n) is 3.85. The Labute approximate surface area is 140 Å². The monoisotopic (exact) mass is 327 g/mol. The number of halogens is 1. The Morgan fingerprint density at radius 1 is 1.35 bits per heavy atom. The van der Waals surface area contributed by atoms with Crippen molar-refractivity contribution in [1.29, 1.82) is 0 Å². The number of nitrogens with two attached hydrogens (primary N) is 1. The number of aromatic nitrogens is 1. The van der Waals surface area contributed by atoms with Crippen LogP contribution in [0.15, 0.2) is 30.6 Å². The molecule has 5 heteroatoms. The van der Waals surface area contributed by atoms with Crippen molar-refractivity contribution in [2.45, 2.75) is 38.3 Å². The second-order valence-electron chi connectivity index (χ2n) is 6.76. The average molecular weight is 328 g/mol. The van der Waals surface area contributed by atoms with Crippen LogP contribution >= 0.6 is 11.6 Å². The van der Waals surface area contributed by atoms with E-state index in [4.69, 9.17) is 17.3 Å². The summed E-state index contributed by atoms with van der Waals surface area (Å²) >= 11 is 6.15. The summed E-state index contributed by atoms with van der Waals surface area (Å²) in [6.45, 7) is 4.09. The summed E-state index contributed by atoms with van der Waals surface area (Å²) in [5.41, 5.74) is 10.4. The number of carbonyl (C=O) groups excluding carboxylic acids is 1. The number of fused-ring (bicyclic) bond motifs is 2. The highest BCUT2D eigenvalue weighted by Crippen LogP contribution is 2.46. The van der Waals surface area contributed by atoms with Crippen molar-refractivity contribution in [3.63, 3.8) is 0 Å². The van der Waals surface area contributed by atoms with Crippen molar-refractivity contribution in [1.82, 2.24) is 4.98 Å². The highest BCUT2D eigenvalue weighted by atomic mass is 35.5. The van der Waals surface area contributed by atoms with Crippen LogP contribution in [0.2, 0.25) is 5.02 Å². The summed E-state index contributed by atoms with van der Waals surface area (Å²) in [7, 11) is 0. The summed E-state index contributed by atoms with van der Waals surface area (Å²) in [5.74, 6) is -0.00246. The number of hydrogen-bond acceptors (Lipinski definition) is 3. The highest BCUT2D eigenvalue weighted by molar-refractivity contribution is 6.31. The molecule has 118 valence electrons. The Hall–Kier alpha value is -1.91. The SMILES string of the molecule is CC1(C)c2cc(Cl)ccc2C(=O)N1c1cncc2c1CCC2N. The average Bonchev–Trinajstić information content (AvgIpc) is 2.97. The van der Waals surface area contributed by atoms with Crippen molar-refractivity contribution in [3.05, 3.63) is 57.9 Å². The van der Waals surface area contributed by atoms with E-state index in [-0.39, 0.29) is 11.9 Å².